The van der Waals surface area contributed by atoms with Gasteiger partial charge in [0.15, 0.2) is 0 Å². The number of ether oxygens (including phenoxy) is 1. The molecule has 1 atom stereocenters. The van der Waals surface area contributed by atoms with E-state index in [0.717, 1.165) is 16.8 Å². The molecule has 1 N–H and O–H groups in total. The van der Waals surface area contributed by atoms with E-state index in [1.165, 1.54) is 11.4 Å². The number of hydrogen-bond acceptors (Lipinski definition) is 4. The number of carbonyl (C=O) groups excluding carboxylic acids is 1. The second kappa shape index (κ2) is 6.76. The molecule has 1 aliphatic heterocycles. The molecule has 0 spiro atoms. The Morgan fingerprint density at radius 2 is 2.18 bits per heavy atom. The zero-order chi connectivity index (χ0) is 16.3. The van der Waals surface area contributed by atoms with E-state index in [-0.39, 0.29) is 11.7 Å². The summed E-state index contributed by atoms with van der Waals surface area (Å²) in [4.78, 5) is 12.0. The summed E-state index contributed by atoms with van der Waals surface area (Å²) in [6, 6.07) is 5.57. The fourth-order valence-electron chi connectivity index (χ4n) is 2.46. The lowest BCUT2D eigenvalue weighted by molar-refractivity contribution is -0.124. The summed E-state index contributed by atoms with van der Waals surface area (Å²) in [5, 5.41) is 2.86. The van der Waals surface area contributed by atoms with Gasteiger partial charge >= 0.3 is 0 Å². The maximum Gasteiger partial charge on any atom is 0.253 e. The summed E-state index contributed by atoms with van der Waals surface area (Å²) in [5.41, 5.74) is 2.67. The van der Waals surface area contributed by atoms with Crippen LogP contribution in [0.2, 0.25) is 0 Å². The first-order chi connectivity index (χ1) is 10.4. The normalized spacial score (nSPS) is 16.9. The Morgan fingerprint density at radius 3 is 2.82 bits per heavy atom. The lowest BCUT2D eigenvalue weighted by Gasteiger charge is -2.29. The molecule has 122 valence electrons. The number of rotatable bonds is 5. The highest BCUT2D eigenvalue weighted by atomic mass is 32.2. The second-order valence-corrected chi connectivity index (χ2v) is 7.55. The monoisotopic (exact) mass is 326 g/mol. The highest BCUT2D eigenvalue weighted by Gasteiger charge is 2.27. The number of methoxy groups -OCH3 is 1. The summed E-state index contributed by atoms with van der Waals surface area (Å²) in [7, 11) is -1.71. The summed E-state index contributed by atoms with van der Waals surface area (Å²) >= 11 is 0. The standard InChI is InChI=1S/C15H22N2O4S/c1-4-22(19,20)17-9-8-13-12(10-17)6-5-7-14(13)16-15(18)11(2)21-3/h5-7,11H,4,8-10H2,1-3H3,(H,16,18)/t11-/m0/s1. The Labute approximate surface area is 131 Å². The van der Waals surface area contributed by atoms with Gasteiger partial charge in [0.25, 0.3) is 5.91 Å². The molecule has 0 aromatic heterocycles. The van der Waals surface area contributed by atoms with Gasteiger partial charge in [-0.05, 0) is 37.5 Å². The molecule has 1 heterocycles. The van der Waals surface area contributed by atoms with Gasteiger partial charge in [0, 0.05) is 25.9 Å². The van der Waals surface area contributed by atoms with Crippen LogP contribution in [0.4, 0.5) is 5.69 Å². The van der Waals surface area contributed by atoms with Gasteiger partial charge in [0.05, 0.1) is 5.75 Å². The van der Waals surface area contributed by atoms with Gasteiger partial charge in [0.2, 0.25) is 10.0 Å². The van der Waals surface area contributed by atoms with Crippen molar-refractivity contribution in [1.29, 1.82) is 0 Å². The fraction of sp³-hybridized carbons (Fsp3) is 0.533. The van der Waals surface area contributed by atoms with E-state index in [4.69, 9.17) is 4.74 Å². The molecule has 0 saturated carbocycles. The molecule has 1 aromatic carbocycles. The van der Waals surface area contributed by atoms with Crippen molar-refractivity contribution < 1.29 is 17.9 Å². The minimum Gasteiger partial charge on any atom is -0.372 e. The first-order valence-corrected chi connectivity index (χ1v) is 8.92. The SMILES string of the molecule is CCS(=O)(=O)N1CCc2c(cccc2NC(=O)[C@H](C)OC)C1. The number of carbonyl (C=O) groups is 1. The minimum absolute atomic E-state index is 0.101. The van der Waals surface area contributed by atoms with E-state index in [9.17, 15) is 13.2 Å². The molecule has 0 aliphatic carbocycles. The molecule has 1 amide bonds. The zero-order valence-corrected chi connectivity index (χ0v) is 13.9. The molecule has 7 heteroatoms. The van der Waals surface area contributed by atoms with Crippen LogP contribution >= 0.6 is 0 Å². The van der Waals surface area contributed by atoms with Crippen LogP contribution in [0.1, 0.15) is 25.0 Å². The highest BCUT2D eigenvalue weighted by molar-refractivity contribution is 7.89. The third-order valence-electron chi connectivity index (χ3n) is 3.97. The highest BCUT2D eigenvalue weighted by Crippen LogP contribution is 2.27. The van der Waals surface area contributed by atoms with E-state index < -0.39 is 16.1 Å². The van der Waals surface area contributed by atoms with E-state index in [1.807, 2.05) is 18.2 Å². The van der Waals surface area contributed by atoms with E-state index in [1.54, 1.807) is 13.8 Å². The molecule has 0 unspecified atom stereocenters. The van der Waals surface area contributed by atoms with Gasteiger partial charge in [-0.1, -0.05) is 12.1 Å². The number of sulfonamides is 1. The smallest absolute Gasteiger partial charge is 0.253 e. The lowest BCUT2D eigenvalue weighted by atomic mass is 9.99. The first-order valence-electron chi connectivity index (χ1n) is 7.31. The topological polar surface area (TPSA) is 75.7 Å². The summed E-state index contributed by atoms with van der Waals surface area (Å²) in [6.07, 6.45) is 0.0586. The Kier molecular flexibility index (Phi) is 5.20. The van der Waals surface area contributed by atoms with Crippen LogP contribution in [-0.2, 0) is 32.5 Å². The van der Waals surface area contributed by atoms with Gasteiger partial charge in [-0.25, -0.2) is 8.42 Å². The number of nitrogens with one attached hydrogen (secondary N) is 1. The Bertz CT molecular complexity index is 658. The molecule has 1 aliphatic rings. The molecular formula is C15H22N2O4S. The van der Waals surface area contributed by atoms with Crippen LogP contribution in [0, 0.1) is 0 Å². The Hall–Kier alpha value is -1.44. The molecule has 0 saturated heterocycles. The van der Waals surface area contributed by atoms with Crippen molar-refractivity contribution in [2.24, 2.45) is 0 Å². The van der Waals surface area contributed by atoms with Gasteiger partial charge < -0.3 is 10.1 Å². The zero-order valence-electron chi connectivity index (χ0n) is 13.1. The van der Waals surface area contributed by atoms with E-state index >= 15 is 0 Å². The lowest BCUT2D eigenvalue weighted by Crippen LogP contribution is -2.37. The molecule has 2 rings (SSSR count). The van der Waals surface area contributed by atoms with Crippen LogP contribution in [0.3, 0.4) is 0 Å². The third-order valence-corrected chi connectivity index (χ3v) is 5.80. The Balaban J connectivity index is 2.23. The van der Waals surface area contributed by atoms with Crippen LogP contribution in [-0.4, -0.2) is 44.1 Å². The number of amides is 1. The second-order valence-electron chi connectivity index (χ2n) is 5.29. The largest absolute Gasteiger partial charge is 0.372 e. The van der Waals surface area contributed by atoms with Crippen molar-refractivity contribution in [2.75, 3.05) is 24.7 Å². The first kappa shape index (κ1) is 16.9. The van der Waals surface area contributed by atoms with E-state index in [0.29, 0.717) is 19.5 Å². The summed E-state index contributed by atoms with van der Waals surface area (Å²) in [6.45, 7) is 4.12. The molecule has 22 heavy (non-hydrogen) atoms. The van der Waals surface area contributed by atoms with Gasteiger partial charge in [0.1, 0.15) is 6.10 Å². The molecule has 1 aromatic rings. The number of fused-ring (bicyclic) bond motifs is 1. The molecule has 0 bridgehead atoms. The van der Waals surface area contributed by atoms with Gasteiger partial charge in [-0.15, -0.1) is 0 Å². The molecule has 6 nitrogen and oxygen atoms in total. The average molecular weight is 326 g/mol. The quantitative estimate of drug-likeness (QED) is 0.887. The van der Waals surface area contributed by atoms with Gasteiger partial charge in [-0.3, -0.25) is 4.79 Å². The van der Waals surface area contributed by atoms with Crippen molar-refractivity contribution in [3.8, 4) is 0 Å². The van der Waals surface area contributed by atoms with Crippen molar-refractivity contribution in [3.63, 3.8) is 0 Å². The van der Waals surface area contributed by atoms with Crippen LogP contribution < -0.4 is 5.32 Å². The predicted octanol–water partition coefficient (Wildman–Crippen LogP) is 1.37. The van der Waals surface area contributed by atoms with E-state index in [2.05, 4.69) is 5.32 Å². The molecular weight excluding hydrogens is 304 g/mol. The maximum atomic E-state index is 12.0. The third kappa shape index (κ3) is 3.48. The number of anilines is 1. The number of nitrogens with zero attached hydrogens (tertiary/aromatic N) is 1. The van der Waals surface area contributed by atoms with Gasteiger partial charge in [-0.2, -0.15) is 4.31 Å². The van der Waals surface area contributed by atoms with Crippen LogP contribution in [0.15, 0.2) is 18.2 Å². The van der Waals surface area contributed by atoms with Crippen molar-refractivity contribution in [2.45, 2.75) is 32.9 Å². The maximum absolute atomic E-state index is 12.0. The average Bonchev–Trinajstić information content (AvgIpc) is 2.53. The van der Waals surface area contributed by atoms with Crippen molar-refractivity contribution in [1.82, 2.24) is 4.31 Å². The molecule has 0 fully saturated rings. The van der Waals surface area contributed by atoms with Crippen LogP contribution in [0.25, 0.3) is 0 Å². The fourth-order valence-corrected chi connectivity index (χ4v) is 3.53. The van der Waals surface area contributed by atoms with Crippen LogP contribution in [0.5, 0.6) is 0 Å². The Morgan fingerprint density at radius 1 is 1.45 bits per heavy atom. The minimum atomic E-state index is -3.19. The predicted molar refractivity (Wildman–Crippen MR) is 85.1 cm³/mol. The summed E-state index contributed by atoms with van der Waals surface area (Å²) in [5.74, 6) is -0.107. The number of hydrogen-bond donors (Lipinski definition) is 1. The van der Waals surface area contributed by atoms with Crippen molar-refractivity contribution >= 4 is 21.6 Å². The summed E-state index contributed by atoms with van der Waals surface area (Å²) < 4.78 is 30.5. The number of benzene rings is 1. The molecule has 0 radical (unpaired) electrons. The van der Waals surface area contributed by atoms with Crippen molar-refractivity contribution in [3.05, 3.63) is 29.3 Å².